The Morgan fingerprint density at radius 2 is 1.87 bits per heavy atom. The number of hydrogen-bond donors (Lipinski definition) is 1. The maximum absolute atomic E-state index is 13.9. The van der Waals surface area contributed by atoms with Gasteiger partial charge in [-0.15, -0.1) is 0 Å². The number of esters is 1. The first kappa shape index (κ1) is 28.4. The van der Waals surface area contributed by atoms with Crippen molar-refractivity contribution in [1.29, 1.82) is 0 Å². The highest BCUT2D eigenvalue weighted by atomic mass is 127. The van der Waals surface area contributed by atoms with Crippen molar-refractivity contribution in [2.45, 2.75) is 33.7 Å². The Labute approximate surface area is 245 Å². The van der Waals surface area contributed by atoms with Gasteiger partial charge < -0.3 is 19.3 Å². The molecule has 4 rings (SSSR count). The lowest BCUT2D eigenvalue weighted by atomic mass is 9.95. The van der Waals surface area contributed by atoms with Crippen molar-refractivity contribution in [2.75, 3.05) is 19.8 Å². The molecule has 1 aliphatic rings. The van der Waals surface area contributed by atoms with Crippen LogP contribution in [0.4, 0.5) is 0 Å². The summed E-state index contributed by atoms with van der Waals surface area (Å²) in [4.78, 5) is 32.0. The molecule has 3 aromatic rings. The maximum Gasteiger partial charge on any atom is 0.338 e. The molecule has 11 heteroatoms. The van der Waals surface area contributed by atoms with E-state index in [0.29, 0.717) is 54.4 Å². The van der Waals surface area contributed by atoms with E-state index in [1.807, 2.05) is 42.5 Å². The Morgan fingerprint density at radius 1 is 1.16 bits per heavy atom. The molecule has 0 radical (unpaired) electrons. The zero-order chi connectivity index (χ0) is 27.6. The number of hydrogen-bond acceptors (Lipinski definition) is 8. The third-order valence-corrected chi connectivity index (χ3v) is 8.01. The summed E-state index contributed by atoms with van der Waals surface area (Å²) in [5, 5.41) is 10.6. The van der Waals surface area contributed by atoms with Crippen LogP contribution >= 0.6 is 49.9 Å². The SMILES string of the molecule is CCOC(=O)C1=C(C)N=c2s/c(=C\c3cc(Br)cc(I)c3O)c(=O)n2[C@H]1c1ccc(OCC)c(OCC)c1. The zero-order valence-electron chi connectivity index (χ0n) is 21.2. The second kappa shape index (κ2) is 12.0. The van der Waals surface area contributed by atoms with E-state index in [9.17, 15) is 14.7 Å². The van der Waals surface area contributed by atoms with Crippen LogP contribution in [0.5, 0.6) is 17.2 Å². The first-order chi connectivity index (χ1) is 18.2. The molecular weight excluding hydrogens is 687 g/mol. The fourth-order valence-electron chi connectivity index (χ4n) is 4.18. The van der Waals surface area contributed by atoms with Gasteiger partial charge in [-0.05, 0) is 86.2 Å². The van der Waals surface area contributed by atoms with E-state index in [1.54, 1.807) is 44.2 Å². The van der Waals surface area contributed by atoms with Gasteiger partial charge in [-0.3, -0.25) is 9.36 Å². The van der Waals surface area contributed by atoms with E-state index >= 15 is 0 Å². The van der Waals surface area contributed by atoms with E-state index in [2.05, 4.69) is 20.9 Å². The van der Waals surface area contributed by atoms with Gasteiger partial charge in [0.1, 0.15) is 5.75 Å². The third-order valence-electron chi connectivity index (χ3n) is 5.74. The van der Waals surface area contributed by atoms with E-state index in [4.69, 9.17) is 14.2 Å². The van der Waals surface area contributed by atoms with Crippen LogP contribution in [0.1, 0.15) is 44.9 Å². The van der Waals surface area contributed by atoms with Crippen LogP contribution < -0.4 is 24.4 Å². The smallest absolute Gasteiger partial charge is 0.338 e. The summed E-state index contributed by atoms with van der Waals surface area (Å²) in [5.41, 5.74) is 1.55. The second-order valence-corrected chi connectivity index (χ2v) is 11.3. The molecule has 1 aromatic heterocycles. The minimum absolute atomic E-state index is 0.0763. The van der Waals surface area contributed by atoms with Crippen LogP contribution in [-0.4, -0.2) is 35.5 Å². The van der Waals surface area contributed by atoms with Gasteiger partial charge in [0.2, 0.25) is 0 Å². The average Bonchev–Trinajstić information content (AvgIpc) is 3.17. The normalized spacial score (nSPS) is 15.2. The van der Waals surface area contributed by atoms with E-state index in [1.165, 1.54) is 15.9 Å². The van der Waals surface area contributed by atoms with Crippen LogP contribution in [0, 0.1) is 3.57 Å². The van der Waals surface area contributed by atoms with Crippen molar-refractivity contribution in [2.24, 2.45) is 4.99 Å². The number of phenols is 1. The van der Waals surface area contributed by atoms with Gasteiger partial charge in [-0.25, -0.2) is 9.79 Å². The number of ether oxygens (including phenoxy) is 3. The van der Waals surface area contributed by atoms with Gasteiger partial charge in [-0.1, -0.05) is 33.3 Å². The summed E-state index contributed by atoms with van der Waals surface area (Å²) in [7, 11) is 0. The van der Waals surface area contributed by atoms with Gasteiger partial charge in [0, 0.05) is 10.0 Å². The highest BCUT2D eigenvalue weighted by Gasteiger charge is 2.34. The third kappa shape index (κ3) is 5.55. The van der Waals surface area contributed by atoms with Crippen molar-refractivity contribution in [3.8, 4) is 17.2 Å². The van der Waals surface area contributed by atoms with Crippen LogP contribution in [0.3, 0.4) is 0 Å². The second-order valence-electron chi connectivity index (χ2n) is 8.20. The number of nitrogens with zero attached hydrogens (tertiary/aromatic N) is 2. The highest BCUT2D eigenvalue weighted by Crippen LogP contribution is 2.36. The summed E-state index contributed by atoms with van der Waals surface area (Å²) < 4.78 is 20.2. The first-order valence-electron chi connectivity index (χ1n) is 12.0. The topological polar surface area (TPSA) is 99.4 Å². The molecule has 200 valence electrons. The van der Waals surface area contributed by atoms with Crippen LogP contribution in [0.15, 0.2) is 55.9 Å². The van der Waals surface area contributed by atoms with Gasteiger partial charge >= 0.3 is 5.97 Å². The number of benzene rings is 2. The van der Waals surface area contributed by atoms with Crippen molar-refractivity contribution >= 4 is 61.9 Å². The summed E-state index contributed by atoms with van der Waals surface area (Å²) in [6.07, 6.45) is 1.64. The minimum atomic E-state index is -0.793. The van der Waals surface area contributed by atoms with Crippen molar-refractivity contribution in [3.63, 3.8) is 0 Å². The molecule has 1 aliphatic heterocycles. The number of aromatic nitrogens is 1. The van der Waals surface area contributed by atoms with Gasteiger partial charge in [0.15, 0.2) is 16.3 Å². The van der Waals surface area contributed by atoms with Crippen LogP contribution in [0.25, 0.3) is 6.08 Å². The Hall–Kier alpha value is -2.64. The van der Waals surface area contributed by atoms with Crippen molar-refractivity contribution < 1.29 is 24.1 Å². The number of phenolic OH excluding ortho intramolecular Hbond substituents is 1. The number of fused-ring (bicyclic) bond motifs is 1. The van der Waals surface area contributed by atoms with E-state index in [0.717, 1.165) is 4.47 Å². The summed E-state index contributed by atoms with van der Waals surface area (Å²) >= 11 is 6.67. The molecule has 0 amide bonds. The van der Waals surface area contributed by atoms with E-state index in [-0.39, 0.29) is 23.5 Å². The summed E-state index contributed by atoms with van der Waals surface area (Å²) in [5.74, 6) is 0.621. The molecule has 0 bridgehead atoms. The quantitative estimate of drug-likeness (QED) is 0.270. The standard InChI is InChI=1S/C27H26BrIN2O6S/c1-5-35-19-9-8-15(11-20(19)36-6-2)23-22(26(34)37-7-3)14(4)30-27-31(23)25(33)21(38-27)12-16-10-17(28)13-18(29)24(16)32/h8-13,23,32H,5-7H2,1-4H3/b21-12-/t23-/m0/s1. The number of rotatable bonds is 8. The van der Waals surface area contributed by atoms with Crippen molar-refractivity contribution in [3.05, 3.63) is 80.5 Å². The predicted molar refractivity (Wildman–Crippen MR) is 158 cm³/mol. The number of allylic oxidation sites excluding steroid dienone is 1. The average molecular weight is 713 g/mol. The molecule has 1 atom stereocenters. The lowest BCUT2D eigenvalue weighted by Gasteiger charge is -2.25. The minimum Gasteiger partial charge on any atom is -0.506 e. The van der Waals surface area contributed by atoms with Crippen LogP contribution in [-0.2, 0) is 9.53 Å². The predicted octanol–water partition coefficient (Wildman–Crippen LogP) is 4.67. The van der Waals surface area contributed by atoms with Crippen LogP contribution in [0.2, 0.25) is 0 Å². The fourth-order valence-corrected chi connectivity index (χ4v) is 6.77. The summed E-state index contributed by atoms with van der Waals surface area (Å²) in [6, 6.07) is 8.11. The number of aromatic hydroxyl groups is 1. The lowest BCUT2D eigenvalue weighted by molar-refractivity contribution is -0.139. The number of thiazole rings is 1. The monoisotopic (exact) mass is 712 g/mol. The zero-order valence-corrected chi connectivity index (χ0v) is 25.8. The summed E-state index contributed by atoms with van der Waals surface area (Å²) in [6.45, 7) is 8.28. The molecule has 1 N–H and O–H groups in total. The molecule has 0 fully saturated rings. The molecule has 0 aliphatic carbocycles. The largest absolute Gasteiger partial charge is 0.506 e. The van der Waals surface area contributed by atoms with Crippen molar-refractivity contribution in [1.82, 2.24) is 4.57 Å². The Bertz CT molecular complexity index is 1610. The molecule has 0 saturated carbocycles. The van der Waals surface area contributed by atoms with Gasteiger partial charge in [0.05, 0.1) is 45.2 Å². The molecule has 2 heterocycles. The fraction of sp³-hybridized carbons (Fsp3) is 0.296. The lowest BCUT2D eigenvalue weighted by Crippen LogP contribution is -2.40. The maximum atomic E-state index is 13.9. The molecule has 0 unspecified atom stereocenters. The van der Waals surface area contributed by atoms with Gasteiger partial charge in [-0.2, -0.15) is 0 Å². The number of carbonyl (C=O) groups excluding carboxylic acids is 1. The molecule has 0 saturated heterocycles. The Kier molecular flexibility index (Phi) is 8.99. The molecular formula is C27H26BrIN2O6S. The molecule has 38 heavy (non-hydrogen) atoms. The van der Waals surface area contributed by atoms with E-state index < -0.39 is 12.0 Å². The first-order valence-corrected chi connectivity index (χ1v) is 14.7. The number of carbonyl (C=O) groups is 1. The Balaban J connectivity index is 1.98. The number of halogens is 2. The van der Waals surface area contributed by atoms with Gasteiger partial charge in [0.25, 0.3) is 5.56 Å². The molecule has 8 nitrogen and oxygen atoms in total. The highest BCUT2D eigenvalue weighted by molar-refractivity contribution is 14.1. The molecule has 2 aromatic carbocycles. The molecule has 0 spiro atoms. The Morgan fingerprint density at radius 3 is 2.55 bits per heavy atom.